The van der Waals surface area contributed by atoms with E-state index in [9.17, 15) is 24.3 Å². The van der Waals surface area contributed by atoms with Gasteiger partial charge < -0.3 is 23.7 Å². The van der Waals surface area contributed by atoms with E-state index < -0.39 is 62.3 Å². The lowest BCUT2D eigenvalue weighted by atomic mass is 10.2. The van der Waals surface area contributed by atoms with E-state index >= 15 is 0 Å². The van der Waals surface area contributed by atoms with Crippen molar-refractivity contribution in [2.24, 2.45) is 0 Å². The Balaban J connectivity index is 1.88. The normalized spacial score (nSPS) is 12.9. The molecule has 1 N–H and O–H groups in total. The molecule has 0 radical (unpaired) electrons. The highest BCUT2D eigenvalue weighted by molar-refractivity contribution is 6.99. The first kappa shape index (κ1) is 34.2. The van der Waals surface area contributed by atoms with Gasteiger partial charge in [-0.05, 0) is 27.4 Å². The molecule has 0 saturated carbocycles. The van der Waals surface area contributed by atoms with Crippen LogP contribution in [0, 0.1) is 0 Å². The van der Waals surface area contributed by atoms with Crippen molar-refractivity contribution in [2.45, 2.75) is 70.8 Å². The van der Waals surface area contributed by atoms with Gasteiger partial charge in [0.25, 0.3) is 8.32 Å². The number of ether oxygens (including phenoxy) is 3. The highest BCUT2D eigenvalue weighted by Gasteiger charge is 2.52. The Kier molecular flexibility index (Phi) is 12.4. The summed E-state index contributed by atoms with van der Waals surface area (Å²) in [5, 5.41) is 11.4. The van der Waals surface area contributed by atoms with Crippen molar-refractivity contribution < 1.29 is 42.9 Å². The third-order valence-corrected chi connectivity index (χ3v) is 12.0. The van der Waals surface area contributed by atoms with Crippen molar-refractivity contribution in [2.75, 3.05) is 6.61 Å². The Morgan fingerprint density at radius 1 is 0.727 bits per heavy atom. The number of carbonyl (C=O) groups excluding carboxylic acids is 3. The zero-order valence-corrected chi connectivity index (χ0v) is 26.6. The molecule has 0 heterocycles. The van der Waals surface area contributed by atoms with Gasteiger partial charge in [-0.2, -0.15) is 0 Å². The van der Waals surface area contributed by atoms with Crippen LogP contribution in [-0.2, 0) is 44.4 Å². The molecule has 9 nitrogen and oxygen atoms in total. The van der Waals surface area contributed by atoms with Gasteiger partial charge in [-0.3, -0.25) is 9.59 Å². The standard InChI is InChI=1S/C34H40O9Si/c1-5-21-40-30(35)23-29(33(39)41-24-25-15-9-6-10-16-25)42-31(36)22-28(32(37)38)43-44(34(2,3)4,26-17-11-7-12-18-26)27-19-13-8-14-20-27/h6-20,28-29H,5,21-24H2,1-4H3,(H,37,38)/t28-,29-/m0/s1. The molecular formula is C34H40O9Si. The highest BCUT2D eigenvalue weighted by atomic mass is 28.4. The smallest absolute Gasteiger partial charge is 0.348 e. The van der Waals surface area contributed by atoms with Gasteiger partial charge in [0, 0.05) is 0 Å². The molecule has 0 aliphatic rings. The summed E-state index contributed by atoms with van der Waals surface area (Å²) in [7, 11) is -3.35. The lowest BCUT2D eigenvalue weighted by Crippen LogP contribution is -2.68. The number of carbonyl (C=O) groups is 4. The number of carboxylic acids is 1. The molecule has 234 valence electrons. The first-order chi connectivity index (χ1) is 21.0. The van der Waals surface area contributed by atoms with E-state index in [4.69, 9.17) is 18.6 Å². The minimum Gasteiger partial charge on any atom is -0.479 e. The minimum atomic E-state index is -3.35. The molecular weight excluding hydrogens is 580 g/mol. The molecule has 0 fully saturated rings. The van der Waals surface area contributed by atoms with Gasteiger partial charge in [0.05, 0.1) is 19.4 Å². The number of esters is 3. The average molecular weight is 621 g/mol. The van der Waals surface area contributed by atoms with Gasteiger partial charge in [-0.15, -0.1) is 0 Å². The number of hydrogen-bond donors (Lipinski definition) is 1. The second kappa shape index (κ2) is 16.0. The second-order valence-electron chi connectivity index (χ2n) is 11.3. The van der Waals surface area contributed by atoms with Crippen LogP contribution in [0.25, 0.3) is 0 Å². The molecule has 10 heteroatoms. The molecule has 2 atom stereocenters. The van der Waals surface area contributed by atoms with Crippen molar-refractivity contribution >= 4 is 42.6 Å². The maximum absolute atomic E-state index is 13.2. The average Bonchev–Trinajstić information content (AvgIpc) is 3.01. The summed E-state index contributed by atoms with van der Waals surface area (Å²) in [4.78, 5) is 51.2. The zero-order valence-electron chi connectivity index (χ0n) is 25.6. The molecule has 3 rings (SSSR count). The molecule has 3 aromatic rings. The van der Waals surface area contributed by atoms with Crippen LogP contribution in [0.5, 0.6) is 0 Å². The summed E-state index contributed by atoms with van der Waals surface area (Å²) in [6, 6.07) is 27.7. The fourth-order valence-corrected chi connectivity index (χ4v) is 9.49. The van der Waals surface area contributed by atoms with Crippen LogP contribution in [0.2, 0.25) is 5.04 Å². The fourth-order valence-electron chi connectivity index (χ4n) is 4.86. The first-order valence-corrected chi connectivity index (χ1v) is 16.5. The van der Waals surface area contributed by atoms with Gasteiger partial charge in [0.15, 0.2) is 6.10 Å². The predicted octanol–water partition coefficient (Wildman–Crippen LogP) is 4.40. The fraction of sp³-hybridized carbons (Fsp3) is 0.353. The summed E-state index contributed by atoms with van der Waals surface area (Å²) in [6.45, 7) is 7.79. The van der Waals surface area contributed by atoms with Crippen LogP contribution in [0.3, 0.4) is 0 Å². The Bertz CT molecular complexity index is 1330. The van der Waals surface area contributed by atoms with Gasteiger partial charge in [0.1, 0.15) is 6.61 Å². The SMILES string of the molecule is CCCOC(=O)C[C@H](OC(=O)C[C@H](O[Si](c1ccccc1)(c1ccccc1)C(C)(C)C)C(=O)O)C(=O)OCc1ccccc1. The van der Waals surface area contributed by atoms with E-state index in [0.717, 1.165) is 10.4 Å². The lowest BCUT2D eigenvalue weighted by molar-refractivity contribution is -0.174. The number of hydrogen-bond acceptors (Lipinski definition) is 8. The van der Waals surface area contributed by atoms with Crippen molar-refractivity contribution in [1.82, 2.24) is 0 Å². The van der Waals surface area contributed by atoms with E-state index in [1.54, 1.807) is 24.3 Å². The third kappa shape index (κ3) is 9.11. The summed E-state index contributed by atoms with van der Waals surface area (Å²) in [5.41, 5.74) is 0.698. The number of rotatable bonds is 15. The van der Waals surface area contributed by atoms with Crippen molar-refractivity contribution in [3.8, 4) is 0 Å². The Labute approximate surface area is 259 Å². The van der Waals surface area contributed by atoms with Gasteiger partial charge in [-0.1, -0.05) is 119 Å². The molecule has 0 amide bonds. The Morgan fingerprint density at radius 2 is 1.23 bits per heavy atom. The minimum absolute atomic E-state index is 0.105. The number of benzene rings is 3. The molecule has 0 unspecified atom stereocenters. The predicted molar refractivity (Wildman–Crippen MR) is 167 cm³/mol. The van der Waals surface area contributed by atoms with E-state index in [1.165, 1.54) is 0 Å². The lowest BCUT2D eigenvalue weighted by Gasteiger charge is -2.44. The molecule has 0 spiro atoms. The quantitative estimate of drug-likeness (QED) is 0.149. The summed E-state index contributed by atoms with van der Waals surface area (Å²) < 4.78 is 22.4. The van der Waals surface area contributed by atoms with E-state index in [1.807, 2.05) is 94.4 Å². The summed E-state index contributed by atoms with van der Waals surface area (Å²) in [5.74, 6) is -4.09. The van der Waals surface area contributed by atoms with Crippen LogP contribution >= 0.6 is 0 Å². The van der Waals surface area contributed by atoms with Crippen LogP contribution < -0.4 is 10.4 Å². The number of carboxylic acid groups (broad SMARTS) is 1. The van der Waals surface area contributed by atoms with E-state index in [2.05, 4.69) is 0 Å². The maximum Gasteiger partial charge on any atom is 0.348 e. The monoisotopic (exact) mass is 620 g/mol. The molecule has 0 bridgehead atoms. The molecule has 3 aromatic carbocycles. The van der Waals surface area contributed by atoms with E-state index in [0.29, 0.717) is 12.0 Å². The van der Waals surface area contributed by atoms with E-state index in [-0.39, 0.29) is 13.2 Å². The van der Waals surface area contributed by atoms with Gasteiger partial charge in [0.2, 0.25) is 6.10 Å². The zero-order chi connectivity index (χ0) is 32.2. The molecule has 0 aliphatic carbocycles. The summed E-state index contributed by atoms with van der Waals surface area (Å²) in [6.07, 6.45) is -3.95. The first-order valence-electron chi connectivity index (χ1n) is 14.5. The Morgan fingerprint density at radius 3 is 1.70 bits per heavy atom. The van der Waals surface area contributed by atoms with Crippen LogP contribution in [0.4, 0.5) is 0 Å². The molecule has 0 saturated heterocycles. The third-order valence-electron chi connectivity index (χ3n) is 6.94. The van der Waals surface area contributed by atoms with Gasteiger partial charge in [-0.25, -0.2) is 9.59 Å². The topological polar surface area (TPSA) is 125 Å². The summed E-state index contributed by atoms with van der Waals surface area (Å²) >= 11 is 0. The molecule has 0 aliphatic heterocycles. The van der Waals surface area contributed by atoms with Gasteiger partial charge >= 0.3 is 23.9 Å². The van der Waals surface area contributed by atoms with Crippen molar-refractivity contribution in [3.05, 3.63) is 96.6 Å². The van der Waals surface area contributed by atoms with Crippen molar-refractivity contribution in [3.63, 3.8) is 0 Å². The molecule has 0 aromatic heterocycles. The number of aliphatic carboxylic acids is 1. The van der Waals surface area contributed by atoms with Crippen molar-refractivity contribution in [1.29, 1.82) is 0 Å². The van der Waals surface area contributed by atoms with Crippen LogP contribution in [0.15, 0.2) is 91.0 Å². The Hall–Kier alpha value is -4.28. The maximum atomic E-state index is 13.2. The van der Waals surface area contributed by atoms with Crippen LogP contribution in [-0.4, -0.2) is 56.1 Å². The second-order valence-corrected chi connectivity index (χ2v) is 15.6. The van der Waals surface area contributed by atoms with Crippen LogP contribution in [0.1, 0.15) is 52.5 Å². The highest BCUT2D eigenvalue weighted by Crippen LogP contribution is 2.38. The largest absolute Gasteiger partial charge is 0.479 e. The molecule has 44 heavy (non-hydrogen) atoms.